The van der Waals surface area contributed by atoms with Gasteiger partial charge in [0.1, 0.15) is 0 Å². The van der Waals surface area contributed by atoms with Crippen molar-refractivity contribution in [3.63, 3.8) is 0 Å². The van der Waals surface area contributed by atoms with Gasteiger partial charge in [-0.1, -0.05) is 13.8 Å². The van der Waals surface area contributed by atoms with Crippen molar-refractivity contribution < 1.29 is 9.84 Å². The Morgan fingerprint density at radius 1 is 1.29 bits per heavy atom. The van der Waals surface area contributed by atoms with E-state index >= 15 is 0 Å². The Hall–Kier alpha value is -0.120. The molecule has 0 amide bonds. The van der Waals surface area contributed by atoms with E-state index in [1.54, 1.807) is 0 Å². The Balaban J connectivity index is 3.52. The average molecular weight is 203 g/mol. The maximum atomic E-state index is 9.05. The molecule has 3 heteroatoms. The molecule has 86 valence electrons. The summed E-state index contributed by atoms with van der Waals surface area (Å²) < 4.78 is 5.56. The van der Waals surface area contributed by atoms with Crippen LogP contribution in [0.1, 0.15) is 34.6 Å². The summed E-state index contributed by atoms with van der Waals surface area (Å²) in [5.41, 5.74) is -0.0752. The summed E-state index contributed by atoms with van der Waals surface area (Å²) in [6.07, 6.45) is 0. The number of aliphatic hydroxyl groups is 1. The molecule has 0 bridgehead atoms. The summed E-state index contributed by atoms with van der Waals surface area (Å²) in [6.45, 7) is 12.0. The smallest absolute Gasteiger partial charge is 0.0599 e. The second kappa shape index (κ2) is 6.38. The van der Waals surface area contributed by atoms with Gasteiger partial charge in [0.25, 0.3) is 0 Å². The zero-order valence-corrected chi connectivity index (χ0v) is 10.1. The maximum absolute atomic E-state index is 9.05. The number of nitrogens with one attached hydrogen (secondary N) is 1. The molecule has 0 saturated heterocycles. The van der Waals surface area contributed by atoms with Crippen molar-refractivity contribution >= 4 is 0 Å². The standard InChI is InChI=1S/C11H25NO2/c1-9(2)10(8-13)12-6-7-14-11(3,4)5/h9-10,12-13H,6-8H2,1-5H3. The van der Waals surface area contributed by atoms with E-state index in [0.717, 1.165) is 6.54 Å². The minimum absolute atomic E-state index is 0.0752. The average Bonchev–Trinajstić information content (AvgIpc) is 2.01. The normalized spacial score (nSPS) is 14.8. The zero-order valence-electron chi connectivity index (χ0n) is 10.1. The molecule has 3 nitrogen and oxygen atoms in total. The molecule has 1 unspecified atom stereocenters. The number of ether oxygens (including phenoxy) is 1. The van der Waals surface area contributed by atoms with Crippen LogP contribution in [0.5, 0.6) is 0 Å². The molecule has 0 aromatic rings. The van der Waals surface area contributed by atoms with Gasteiger partial charge < -0.3 is 15.2 Å². The highest BCUT2D eigenvalue weighted by atomic mass is 16.5. The quantitative estimate of drug-likeness (QED) is 0.641. The molecule has 0 saturated carbocycles. The van der Waals surface area contributed by atoms with E-state index in [1.165, 1.54) is 0 Å². The first-order valence-electron chi connectivity index (χ1n) is 5.35. The Bertz CT molecular complexity index is 141. The molecule has 0 radical (unpaired) electrons. The van der Waals surface area contributed by atoms with Crippen molar-refractivity contribution in [3.8, 4) is 0 Å². The Labute approximate surface area is 87.8 Å². The van der Waals surface area contributed by atoms with Gasteiger partial charge in [-0.2, -0.15) is 0 Å². The third kappa shape index (κ3) is 7.30. The summed E-state index contributed by atoms with van der Waals surface area (Å²) in [6, 6.07) is 0.179. The Morgan fingerprint density at radius 3 is 2.21 bits per heavy atom. The molecule has 0 aromatic heterocycles. The third-order valence-corrected chi connectivity index (χ3v) is 2.05. The maximum Gasteiger partial charge on any atom is 0.0599 e. The molecule has 0 spiro atoms. The third-order valence-electron chi connectivity index (χ3n) is 2.05. The highest BCUT2D eigenvalue weighted by molar-refractivity contribution is 4.69. The van der Waals surface area contributed by atoms with Crippen molar-refractivity contribution in [2.24, 2.45) is 5.92 Å². The van der Waals surface area contributed by atoms with Gasteiger partial charge in [-0.3, -0.25) is 0 Å². The lowest BCUT2D eigenvalue weighted by atomic mass is 10.1. The van der Waals surface area contributed by atoms with Gasteiger partial charge in [0, 0.05) is 12.6 Å². The molecule has 0 aromatic carbocycles. The predicted octanol–water partition coefficient (Wildman–Crippen LogP) is 1.41. The van der Waals surface area contributed by atoms with Crippen LogP contribution in [0.25, 0.3) is 0 Å². The van der Waals surface area contributed by atoms with Gasteiger partial charge >= 0.3 is 0 Å². The first-order chi connectivity index (χ1) is 6.37. The van der Waals surface area contributed by atoms with Crippen molar-refractivity contribution in [1.82, 2.24) is 5.32 Å². The largest absolute Gasteiger partial charge is 0.395 e. The molecule has 0 heterocycles. The SMILES string of the molecule is CC(C)C(CO)NCCOC(C)(C)C. The van der Waals surface area contributed by atoms with Crippen LogP contribution in [-0.4, -0.2) is 36.5 Å². The second-order valence-corrected chi connectivity index (χ2v) is 4.95. The van der Waals surface area contributed by atoms with Gasteiger partial charge in [0.2, 0.25) is 0 Å². The number of rotatable bonds is 6. The number of hydrogen-bond acceptors (Lipinski definition) is 3. The second-order valence-electron chi connectivity index (χ2n) is 4.95. The van der Waals surface area contributed by atoms with Crippen LogP contribution in [0.2, 0.25) is 0 Å². The van der Waals surface area contributed by atoms with E-state index in [1.807, 2.05) is 20.8 Å². The Kier molecular flexibility index (Phi) is 6.33. The van der Waals surface area contributed by atoms with E-state index in [-0.39, 0.29) is 18.2 Å². The fourth-order valence-electron chi connectivity index (χ4n) is 1.11. The molecule has 0 aliphatic carbocycles. The van der Waals surface area contributed by atoms with Crippen LogP contribution < -0.4 is 5.32 Å². The summed E-state index contributed by atoms with van der Waals surface area (Å²) in [5, 5.41) is 12.3. The summed E-state index contributed by atoms with van der Waals surface area (Å²) >= 11 is 0. The van der Waals surface area contributed by atoms with E-state index in [0.29, 0.717) is 12.5 Å². The van der Waals surface area contributed by atoms with Crippen LogP contribution in [-0.2, 0) is 4.74 Å². The topological polar surface area (TPSA) is 41.5 Å². The first-order valence-corrected chi connectivity index (χ1v) is 5.35. The zero-order chi connectivity index (χ0) is 11.2. The van der Waals surface area contributed by atoms with Gasteiger partial charge in [-0.05, 0) is 26.7 Å². The van der Waals surface area contributed by atoms with E-state index in [4.69, 9.17) is 9.84 Å². The highest BCUT2D eigenvalue weighted by Crippen LogP contribution is 2.05. The fraction of sp³-hybridized carbons (Fsp3) is 1.00. The Morgan fingerprint density at radius 2 is 1.86 bits per heavy atom. The lowest BCUT2D eigenvalue weighted by Crippen LogP contribution is -2.39. The van der Waals surface area contributed by atoms with Crippen molar-refractivity contribution in [3.05, 3.63) is 0 Å². The van der Waals surface area contributed by atoms with Crippen molar-refractivity contribution in [1.29, 1.82) is 0 Å². The summed E-state index contributed by atoms with van der Waals surface area (Å²) in [5.74, 6) is 0.453. The highest BCUT2D eigenvalue weighted by Gasteiger charge is 2.12. The molecule has 0 aliphatic rings. The van der Waals surface area contributed by atoms with E-state index < -0.39 is 0 Å². The van der Waals surface area contributed by atoms with Crippen LogP contribution >= 0.6 is 0 Å². The monoisotopic (exact) mass is 203 g/mol. The lowest BCUT2D eigenvalue weighted by molar-refractivity contribution is -0.00272. The summed E-state index contributed by atoms with van der Waals surface area (Å²) in [7, 11) is 0. The van der Waals surface area contributed by atoms with Crippen LogP contribution in [0.4, 0.5) is 0 Å². The number of hydrogen-bond donors (Lipinski definition) is 2. The van der Waals surface area contributed by atoms with Crippen LogP contribution in [0, 0.1) is 5.92 Å². The van der Waals surface area contributed by atoms with E-state index in [2.05, 4.69) is 19.2 Å². The van der Waals surface area contributed by atoms with Crippen LogP contribution in [0.3, 0.4) is 0 Å². The predicted molar refractivity (Wildman–Crippen MR) is 59.4 cm³/mol. The van der Waals surface area contributed by atoms with Gasteiger partial charge in [0.05, 0.1) is 18.8 Å². The summed E-state index contributed by atoms with van der Waals surface area (Å²) in [4.78, 5) is 0. The number of aliphatic hydroxyl groups excluding tert-OH is 1. The fourth-order valence-corrected chi connectivity index (χ4v) is 1.11. The lowest BCUT2D eigenvalue weighted by Gasteiger charge is -2.23. The molecule has 14 heavy (non-hydrogen) atoms. The molecule has 0 aliphatic heterocycles. The minimum atomic E-state index is -0.0752. The van der Waals surface area contributed by atoms with Gasteiger partial charge in [-0.15, -0.1) is 0 Å². The molecular formula is C11H25NO2. The molecule has 0 fully saturated rings. The molecule has 2 N–H and O–H groups in total. The molecule has 1 atom stereocenters. The van der Waals surface area contributed by atoms with Crippen LogP contribution in [0.15, 0.2) is 0 Å². The van der Waals surface area contributed by atoms with E-state index in [9.17, 15) is 0 Å². The molecular weight excluding hydrogens is 178 g/mol. The first kappa shape index (κ1) is 13.9. The minimum Gasteiger partial charge on any atom is -0.395 e. The van der Waals surface area contributed by atoms with Crippen molar-refractivity contribution in [2.75, 3.05) is 19.8 Å². The van der Waals surface area contributed by atoms with Gasteiger partial charge in [0.15, 0.2) is 0 Å². The van der Waals surface area contributed by atoms with Crippen molar-refractivity contribution in [2.45, 2.75) is 46.3 Å². The van der Waals surface area contributed by atoms with Gasteiger partial charge in [-0.25, -0.2) is 0 Å². The molecule has 0 rings (SSSR count).